The molecule has 3 rings (SSSR count). The largest absolute Gasteiger partial charge is 0.463 e. The molecular weight excluding hydrogens is 326 g/mol. The monoisotopic (exact) mass is 343 g/mol. The number of fused-ring (bicyclic) bond motifs is 1. The van der Waals surface area contributed by atoms with Crippen LogP contribution in [0.1, 0.15) is 6.92 Å². The van der Waals surface area contributed by atoms with Crippen LogP contribution < -0.4 is 10.1 Å². The first-order valence-corrected chi connectivity index (χ1v) is 7.65. The van der Waals surface area contributed by atoms with Crippen molar-refractivity contribution in [1.82, 2.24) is 9.71 Å². The van der Waals surface area contributed by atoms with Gasteiger partial charge in [-0.3, -0.25) is 10.4 Å². The summed E-state index contributed by atoms with van der Waals surface area (Å²) in [6.07, 6.45) is 0. The number of esters is 1. The van der Waals surface area contributed by atoms with Gasteiger partial charge in [0.25, 0.3) is 0 Å². The molecule has 8 nitrogen and oxygen atoms in total. The average Bonchev–Trinajstić information content (AvgIpc) is 2.98. The highest BCUT2D eigenvalue weighted by Gasteiger charge is 2.16. The van der Waals surface area contributed by atoms with Crippen molar-refractivity contribution in [3.8, 4) is 11.4 Å². The number of rotatable bonds is 6. The smallest absolute Gasteiger partial charge is 0.346 e. The minimum absolute atomic E-state index is 0.00428. The molecule has 0 bridgehead atoms. The van der Waals surface area contributed by atoms with E-state index in [1.807, 2.05) is 30.3 Å². The van der Waals surface area contributed by atoms with Crippen molar-refractivity contribution in [3.05, 3.63) is 48.5 Å². The van der Waals surface area contributed by atoms with Gasteiger partial charge >= 0.3 is 5.97 Å². The zero-order chi connectivity index (χ0) is 17.8. The molecule has 1 aromatic heterocycles. The number of imidazole rings is 1. The lowest BCUT2D eigenvalue weighted by Crippen LogP contribution is -2.22. The van der Waals surface area contributed by atoms with Crippen LogP contribution in [0.3, 0.4) is 0 Å². The Labute approximate surface area is 143 Å². The number of nitrogens with zero attached hydrogens (tertiary/aromatic N) is 3. The van der Waals surface area contributed by atoms with Gasteiger partial charge in [0.05, 0.1) is 17.8 Å². The summed E-state index contributed by atoms with van der Waals surface area (Å²) in [6, 6.07) is 13.9. The van der Waals surface area contributed by atoms with Gasteiger partial charge in [-0.15, -0.1) is 5.23 Å². The van der Waals surface area contributed by atoms with Crippen molar-refractivity contribution in [2.24, 2.45) is 0 Å². The summed E-state index contributed by atoms with van der Waals surface area (Å²) in [5, 5.41) is 18.5. The average molecular weight is 343 g/mol. The fourth-order valence-corrected chi connectivity index (χ4v) is 2.39. The van der Waals surface area contributed by atoms with Crippen molar-refractivity contribution in [2.45, 2.75) is 6.92 Å². The van der Waals surface area contributed by atoms with Crippen molar-refractivity contribution in [3.63, 3.8) is 0 Å². The number of carbonyl (C=O) groups excluding carboxylic acids is 1. The fraction of sp³-hybridized carbons (Fsp3) is 0.176. The van der Waals surface area contributed by atoms with Crippen LogP contribution in [0.5, 0.6) is 0 Å². The van der Waals surface area contributed by atoms with Gasteiger partial charge in [-0.25, -0.2) is 9.78 Å². The molecule has 2 N–H and O–H groups in total. The summed E-state index contributed by atoms with van der Waals surface area (Å²) in [5.41, 5.74) is 1.98. The summed E-state index contributed by atoms with van der Waals surface area (Å²) in [5.74, 6) is -0.0232. The Morgan fingerprint density at radius 2 is 1.96 bits per heavy atom. The molecule has 0 aliphatic heterocycles. The fourth-order valence-electron chi connectivity index (χ4n) is 2.39. The van der Waals surface area contributed by atoms with Gasteiger partial charge in [-0.05, 0) is 25.1 Å². The van der Waals surface area contributed by atoms with Gasteiger partial charge in [0.2, 0.25) is 6.61 Å². The van der Waals surface area contributed by atoms with Crippen LogP contribution in [0, 0.1) is 0 Å². The molecule has 3 aromatic rings. The van der Waals surface area contributed by atoms with Crippen LogP contribution >= 0.6 is 0 Å². The maximum Gasteiger partial charge on any atom is 0.346 e. The van der Waals surface area contributed by atoms with Crippen molar-refractivity contribution < 1.29 is 24.8 Å². The Hall–Kier alpha value is -3.10. The number of carbonyl (C=O) groups is 1. The Bertz CT molecular complexity index is 877. The molecule has 0 aliphatic rings. The highest BCUT2D eigenvalue weighted by Crippen LogP contribution is 2.26. The summed E-state index contributed by atoms with van der Waals surface area (Å²) in [6.45, 7) is 1.67. The molecule has 0 spiro atoms. The normalized spacial score (nSPS) is 10.7. The Morgan fingerprint density at radius 3 is 2.64 bits per heavy atom. The SMILES string of the molecule is CCOC(=O)COn1c(-c2ccccc2)nc2ccc(N(O)O)cc21. The van der Waals surface area contributed by atoms with Gasteiger partial charge in [-0.2, -0.15) is 4.73 Å². The van der Waals surface area contributed by atoms with Gasteiger partial charge in [-0.1, -0.05) is 30.3 Å². The van der Waals surface area contributed by atoms with Crippen LogP contribution in [-0.2, 0) is 9.53 Å². The van der Waals surface area contributed by atoms with Crippen LogP contribution in [-0.4, -0.2) is 39.3 Å². The van der Waals surface area contributed by atoms with E-state index in [0.29, 0.717) is 16.9 Å². The van der Waals surface area contributed by atoms with Gasteiger partial charge < -0.3 is 9.57 Å². The highest BCUT2D eigenvalue weighted by molar-refractivity contribution is 5.83. The van der Waals surface area contributed by atoms with E-state index in [4.69, 9.17) is 9.57 Å². The van der Waals surface area contributed by atoms with E-state index in [-0.39, 0.29) is 24.1 Å². The lowest BCUT2D eigenvalue weighted by molar-refractivity contribution is -0.148. The molecule has 130 valence electrons. The van der Waals surface area contributed by atoms with E-state index < -0.39 is 5.97 Å². The molecule has 8 heteroatoms. The predicted molar refractivity (Wildman–Crippen MR) is 89.3 cm³/mol. The topological polar surface area (TPSA) is 97.1 Å². The second-order valence-corrected chi connectivity index (χ2v) is 5.14. The minimum atomic E-state index is -0.509. The van der Waals surface area contributed by atoms with Crippen molar-refractivity contribution in [2.75, 3.05) is 18.4 Å². The molecule has 0 radical (unpaired) electrons. The first-order chi connectivity index (χ1) is 12.1. The molecule has 0 fully saturated rings. The van der Waals surface area contributed by atoms with E-state index in [1.165, 1.54) is 16.9 Å². The Kier molecular flexibility index (Phi) is 4.82. The van der Waals surface area contributed by atoms with E-state index in [0.717, 1.165) is 5.56 Å². The lowest BCUT2D eigenvalue weighted by atomic mass is 10.2. The molecule has 0 aliphatic carbocycles. The van der Waals surface area contributed by atoms with Crippen molar-refractivity contribution >= 4 is 22.7 Å². The van der Waals surface area contributed by atoms with Gasteiger partial charge in [0, 0.05) is 5.56 Å². The van der Waals surface area contributed by atoms with Crippen LogP contribution in [0.4, 0.5) is 5.69 Å². The molecule has 0 saturated carbocycles. The molecule has 1 heterocycles. The summed E-state index contributed by atoms with van der Waals surface area (Å²) in [7, 11) is 0. The standard InChI is InChI=1S/C17H17N3O5/c1-2-24-16(21)11-25-19-15-10-13(20(22)23)8-9-14(15)18-17(19)12-6-4-3-5-7-12/h3-10,22-23H,2,11H2,1H3. The molecule has 0 unspecified atom stereocenters. The number of anilines is 1. The molecule has 0 amide bonds. The first-order valence-electron chi connectivity index (χ1n) is 7.65. The maximum atomic E-state index is 11.6. The van der Waals surface area contributed by atoms with Crippen LogP contribution in [0.15, 0.2) is 48.5 Å². The minimum Gasteiger partial charge on any atom is -0.463 e. The summed E-state index contributed by atoms with van der Waals surface area (Å²) >= 11 is 0. The van der Waals surface area contributed by atoms with E-state index in [9.17, 15) is 15.2 Å². The third-order valence-corrected chi connectivity index (χ3v) is 3.48. The van der Waals surface area contributed by atoms with Crippen LogP contribution in [0.25, 0.3) is 22.4 Å². The maximum absolute atomic E-state index is 11.6. The number of hydrogen-bond donors (Lipinski definition) is 2. The van der Waals surface area contributed by atoms with Crippen LogP contribution in [0.2, 0.25) is 0 Å². The van der Waals surface area contributed by atoms with Crippen molar-refractivity contribution in [1.29, 1.82) is 0 Å². The zero-order valence-electron chi connectivity index (χ0n) is 13.5. The molecule has 0 atom stereocenters. The first kappa shape index (κ1) is 16.7. The van der Waals surface area contributed by atoms with Gasteiger partial charge in [0.1, 0.15) is 5.52 Å². The van der Waals surface area contributed by atoms with E-state index >= 15 is 0 Å². The second-order valence-electron chi connectivity index (χ2n) is 5.14. The second kappa shape index (κ2) is 7.20. The summed E-state index contributed by atoms with van der Waals surface area (Å²) in [4.78, 5) is 21.7. The number of ether oxygens (including phenoxy) is 1. The predicted octanol–water partition coefficient (Wildman–Crippen LogP) is 2.28. The third-order valence-electron chi connectivity index (χ3n) is 3.48. The van der Waals surface area contributed by atoms with Gasteiger partial charge in [0.15, 0.2) is 5.82 Å². The Balaban J connectivity index is 2.07. The molecule has 0 saturated heterocycles. The number of hydrogen-bond acceptors (Lipinski definition) is 7. The van der Waals surface area contributed by atoms with E-state index in [1.54, 1.807) is 13.0 Å². The molecule has 25 heavy (non-hydrogen) atoms. The third kappa shape index (κ3) is 3.54. The van der Waals surface area contributed by atoms with E-state index in [2.05, 4.69) is 4.98 Å². The number of aromatic nitrogens is 2. The Morgan fingerprint density at radius 1 is 1.20 bits per heavy atom. The zero-order valence-corrected chi connectivity index (χ0v) is 13.5. The number of benzene rings is 2. The quantitative estimate of drug-likeness (QED) is 0.523. The highest BCUT2D eigenvalue weighted by atomic mass is 16.8. The lowest BCUT2D eigenvalue weighted by Gasteiger charge is -2.12. The molecular formula is C17H17N3O5. The molecule has 2 aromatic carbocycles. The summed E-state index contributed by atoms with van der Waals surface area (Å²) < 4.78 is 6.26.